The number of ether oxygens (including phenoxy) is 1. The number of hydrogen-bond acceptors (Lipinski definition) is 6. The number of nitrogens with zero attached hydrogens (tertiary/aromatic N) is 2. The number of imide groups is 1. The number of hydrogen-bond donors (Lipinski definition) is 2. The second-order valence-electron chi connectivity index (χ2n) is 11.5. The van der Waals surface area contributed by atoms with E-state index < -0.39 is 36.1 Å². The smallest absolute Gasteiger partial charge is 0.418 e. The van der Waals surface area contributed by atoms with Gasteiger partial charge in [-0.2, -0.15) is 0 Å². The molecule has 2 fully saturated rings. The van der Waals surface area contributed by atoms with E-state index in [1.807, 2.05) is 26.8 Å². The number of fused-ring (bicyclic) bond motifs is 2. The summed E-state index contributed by atoms with van der Waals surface area (Å²) in [5.74, 6) is -1.41. The van der Waals surface area contributed by atoms with E-state index in [9.17, 15) is 23.6 Å². The van der Waals surface area contributed by atoms with Gasteiger partial charge in [0.1, 0.15) is 18.4 Å². The predicted molar refractivity (Wildman–Crippen MR) is 145 cm³/mol. The Morgan fingerprint density at radius 2 is 1.85 bits per heavy atom. The van der Waals surface area contributed by atoms with Crippen molar-refractivity contribution < 1.29 is 28.3 Å². The first kappa shape index (κ1) is 27.6. The topological polar surface area (TPSA) is 122 Å². The maximum absolute atomic E-state index is 13.7. The molecule has 1 saturated carbocycles. The Morgan fingerprint density at radius 3 is 2.48 bits per heavy atom. The van der Waals surface area contributed by atoms with E-state index in [-0.39, 0.29) is 36.6 Å². The van der Waals surface area contributed by atoms with E-state index in [0.29, 0.717) is 23.6 Å². The quantitative estimate of drug-likeness (QED) is 0.465. The Morgan fingerprint density at radius 1 is 1.15 bits per heavy atom. The van der Waals surface area contributed by atoms with E-state index in [1.54, 1.807) is 29.2 Å². The molecule has 2 aromatic rings. The Hall–Kier alpha value is -3.95. The number of benzene rings is 2. The Kier molecular flexibility index (Phi) is 7.29. The van der Waals surface area contributed by atoms with Crippen LogP contribution >= 0.6 is 0 Å². The van der Waals surface area contributed by atoms with Crippen LogP contribution in [0.15, 0.2) is 42.5 Å². The minimum Gasteiger partial charge on any atom is -0.427 e. The van der Waals surface area contributed by atoms with Crippen LogP contribution < -0.4 is 11.1 Å². The van der Waals surface area contributed by atoms with Crippen molar-refractivity contribution in [1.82, 2.24) is 9.80 Å². The zero-order valence-corrected chi connectivity index (χ0v) is 23.0. The Balaban J connectivity index is 1.34. The van der Waals surface area contributed by atoms with E-state index in [4.69, 9.17) is 10.5 Å². The van der Waals surface area contributed by atoms with Gasteiger partial charge in [0, 0.05) is 30.3 Å². The highest BCUT2D eigenvalue weighted by atomic mass is 19.1. The maximum Gasteiger partial charge on any atom is 0.418 e. The summed E-state index contributed by atoms with van der Waals surface area (Å²) in [4.78, 5) is 54.7. The highest BCUT2D eigenvalue weighted by Crippen LogP contribution is 2.46. The van der Waals surface area contributed by atoms with E-state index in [0.717, 1.165) is 28.9 Å². The number of anilines is 1. The lowest BCUT2D eigenvalue weighted by molar-refractivity contribution is -0.143. The van der Waals surface area contributed by atoms with Crippen molar-refractivity contribution in [2.45, 2.75) is 70.7 Å². The molecule has 40 heavy (non-hydrogen) atoms. The summed E-state index contributed by atoms with van der Waals surface area (Å²) in [6, 6.07) is 10.6. The zero-order valence-electron chi connectivity index (χ0n) is 23.0. The molecule has 3 N–H and O–H groups in total. The number of nitrogens with two attached hydrogens (primary N) is 1. The fraction of sp³-hybridized carbons (Fsp3) is 0.467. The summed E-state index contributed by atoms with van der Waals surface area (Å²) in [6.45, 7) is 5.57. The number of nitrogens with one attached hydrogen (secondary N) is 1. The van der Waals surface area contributed by atoms with Crippen LogP contribution in [0.2, 0.25) is 0 Å². The summed E-state index contributed by atoms with van der Waals surface area (Å²) in [6.07, 6.45) is 1.93. The molecule has 3 atom stereocenters. The van der Waals surface area contributed by atoms with Gasteiger partial charge in [0.2, 0.25) is 17.4 Å². The van der Waals surface area contributed by atoms with Crippen molar-refractivity contribution >= 4 is 29.5 Å². The van der Waals surface area contributed by atoms with E-state index >= 15 is 0 Å². The van der Waals surface area contributed by atoms with Crippen LogP contribution in [0, 0.1) is 17.7 Å². The largest absolute Gasteiger partial charge is 0.427 e. The fourth-order valence-corrected chi connectivity index (χ4v) is 5.79. The molecule has 10 heteroatoms. The van der Waals surface area contributed by atoms with Gasteiger partial charge >= 0.3 is 6.09 Å². The van der Waals surface area contributed by atoms with Crippen molar-refractivity contribution in [2.75, 3.05) is 11.9 Å². The number of amides is 4. The molecule has 9 nitrogen and oxygen atoms in total. The lowest BCUT2D eigenvalue weighted by Crippen LogP contribution is -2.47. The molecule has 0 radical (unpaired) electrons. The molecule has 3 aliphatic rings. The first-order valence-corrected chi connectivity index (χ1v) is 13.8. The van der Waals surface area contributed by atoms with Gasteiger partial charge in [-0.25, -0.2) is 14.1 Å². The van der Waals surface area contributed by atoms with Gasteiger partial charge in [-0.05, 0) is 73.4 Å². The molecular weight excluding hydrogens is 515 g/mol. The van der Waals surface area contributed by atoms with Crippen LogP contribution in [0.1, 0.15) is 56.7 Å². The Bertz CT molecular complexity index is 1340. The summed E-state index contributed by atoms with van der Waals surface area (Å²) >= 11 is 0. The number of rotatable bonds is 10. The first-order chi connectivity index (χ1) is 19.0. The third kappa shape index (κ3) is 5.14. The molecule has 0 unspecified atom stereocenters. The van der Waals surface area contributed by atoms with Crippen molar-refractivity contribution in [2.24, 2.45) is 17.6 Å². The molecule has 4 amide bonds. The monoisotopic (exact) mass is 550 g/mol. The van der Waals surface area contributed by atoms with Crippen LogP contribution in [0.3, 0.4) is 0 Å². The second-order valence-corrected chi connectivity index (χ2v) is 11.5. The molecule has 5 rings (SSSR count). The van der Waals surface area contributed by atoms with Crippen molar-refractivity contribution in [3.8, 4) is 0 Å². The number of halogens is 1. The fourth-order valence-electron chi connectivity index (χ4n) is 5.79. The molecule has 0 aromatic heterocycles. The molecule has 0 bridgehead atoms. The molecular formula is C30H35FN4O5. The number of carbonyl (C=O) groups is 4. The molecule has 2 aliphatic carbocycles. The average Bonchev–Trinajstić information content (AvgIpc) is 3.67. The zero-order chi connectivity index (χ0) is 28.8. The standard InChI is InChI=1S/C30H35FN4O5/c1-17(2)26(27(32)37)33-23-10-11-24-21(14-23)12-13-30(24)28(38)35(29(39)40-30)16-25(36)34(18(3)20-6-7-20)15-19-4-8-22(31)9-5-19/h4-5,8-11,14,17-18,20,26,33H,6-7,12-13,15-16H2,1-3H3,(H2,32,37)/t18-,26+,30-/m0/s1. The van der Waals surface area contributed by atoms with Gasteiger partial charge in [-0.1, -0.05) is 32.0 Å². The molecule has 1 aliphatic heterocycles. The predicted octanol–water partition coefficient (Wildman–Crippen LogP) is 3.70. The van der Waals surface area contributed by atoms with Crippen LogP contribution in [0.25, 0.3) is 0 Å². The van der Waals surface area contributed by atoms with Gasteiger partial charge in [-0.3, -0.25) is 14.4 Å². The molecule has 1 spiro atoms. The SMILES string of the molecule is CC(C)[C@@H](Nc1ccc2c(c1)CC[C@]21OC(=O)N(CC(=O)N(Cc2ccc(F)cc2)[C@@H](C)C2CC2)C1=O)C(N)=O. The van der Waals surface area contributed by atoms with Gasteiger partial charge in [0.15, 0.2) is 0 Å². The lowest BCUT2D eigenvalue weighted by atomic mass is 9.94. The normalized spacial score (nSPS) is 21.4. The van der Waals surface area contributed by atoms with Crippen LogP contribution in [0.5, 0.6) is 0 Å². The van der Waals surface area contributed by atoms with Gasteiger partial charge in [0.05, 0.1) is 0 Å². The van der Waals surface area contributed by atoms with Crippen molar-refractivity contribution in [1.29, 1.82) is 0 Å². The van der Waals surface area contributed by atoms with E-state index in [1.165, 1.54) is 12.1 Å². The molecule has 2 aromatic carbocycles. The summed E-state index contributed by atoms with van der Waals surface area (Å²) in [5, 5.41) is 3.15. The number of primary amides is 1. The molecule has 1 saturated heterocycles. The third-order valence-electron chi connectivity index (χ3n) is 8.33. The molecule has 1 heterocycles. The molecule has 212 valence electrons. The highest BCUT2D eigenvalue weighted by molar-refractivity contribution is 6.06. The third-order valence-corrected chi connectivity index (χ3v) is 8.33. The van der Waals surface area contributed by atoms with Gasteiger partial charge < -0.3 is 20.7 Å². The number of aryl methyl sites for hydroxylation is 1. The first-order valence-electron chi connectivity index (χ1n) is 13.8. The summed E-state index contributed by atoms with van der Waals surface area (Å²) in [5.41, 5.74) is 6.91. The van der Waals surface area contributed by atoms with Crippen LogP contribution in [-0.2, 0) is 37.7 Å². The van der Waals surface area contributed by atoms with Crippen molar-refractivity contribution in [3.63, 3.8) is 0 Å². The number of carbonyl (C=O) groups excluding carboxylic acids is 4. The van der Waals surface area contributed by atoms with Crippen LogP contribution in [0.4, 0.5) is 14.9 Å². The Labute approximate surface area is 232 Å². The average molecular weight is 551 g/mol. The second kappa shape index (κ2) is 10.6. The van der Waals surface area contributed by atoms with E-state index in [2.05, 4.69) is 5.32 Å². The summed E-state index contributed by atoms with van der Waals surface area (Å²) in [7, 11) is 0. The van der Waals surface area contributed by atoms with Crippen molar-refractivity contribution in [3.05, 3.63) is 65.0 Å². The highest BCUT2D eigenvalue weighted by Gasteiger charge is 2.58. The minimum atomic E-state index is -1.48. The lowest BCUT2D eigenvalue weighted by Gasteiger charge is -2.30. The minimum absolute atomic E-state index is 0.0224. The maximum atomic E-state index is 13.7. The van der Waals surface area contributed by atoms with Gasteiger partial charge in [-0.15, -0.1) is 0 Å². The van der Waals surface area contributed by atoms with Crippen LogP contribution in [-0.4, -0.2) is 52.2 Å². The summed E-state index contributed by atoms with van der Waals surface area (Å²) < 4.78 is 19.2. The van der Waals surface area contributed by atoms with Gasteiger partial charge in [0.25, 0.3) is 5.91 Å².